The van der Waals surface area contributed by atoms with Crippen molar-refractivity contribution in [2.45, 2.75) is 26.3 Å². The number of benzene rings is 1. The fourth-order valence-corrected chi connectivity index (χ4v) is 1.79. The number of rotatable bonds is 4. The lowest BCUT2D eigenvalue weighted by atomic mass is 10.0. The molecule has 1 N–H and O–H groups in total. The number of nitrogens with zero attached hydrogens (tertiary/aromatic N) is 1. The van der Waals surface area contributed by atoms with Crippen LogP contribution in [0, 0.1) is 0 Å². The van der Waals surface area contributed by atoms with Gasteiger partial charge in [0.15, 0.2) is 0 Å². The second kappa shape index (κ2) is 5.95. The van der Waals surface area contributed by atoms with Crippen LogP contribution in [0.3, 0.4) is 0 Å². The Balaban J connectivity index is 2.99. The van der Waals surface area contributed by atoms with Crippen molar-refractivity contribution in [2.75, 3.05) is 0 Å². The molecule has 0 saturated heterocycles. The molecule has 0 radical (unpaired) electrons. The van der Waals surface area contributed by atoms with Gasteiger partial charge < -0.3 is 5.11 Å². The average Bonchev–Trinajstić information content (AvgIpc) is 2.28. The number of carbonyl (C=O) groups excluding carboxylic acids is 2. The van der Waals surface area contributed by atoms with E-state index in [1.807, 2.05) is 6.07 Å². The van der Waals surface area contributed by atoms with Crippen molar-refractivity contribution in [2.24, 2.45) is 0 Å². The first-order chi connectivity index (χ1) is 8.43. The molecular weight excluding hydrogens is 234 g/mol. The van der Waals surface area contributed by atoms with Crippen LogP contribution in [-0.2, 0) is 20.8 Å². The number of carboxylic acid groups (broad SMARTS) is 1. The van der Waals surface area contributed by atoms with Gasteiger partial charge in [-0.05, 0) is 5.56 Å². The quantitative estimate of drug-likeness (QED) is 0.866. The van der Waals surface area contributed by atoms with Crippen molar-refractivity contribution in [1.82, 2.24) is 4.90 Å². The van der Waals surface area contributed by atoms with E-state index in [0.717, 1.165) is 10.5 Å². The van der Waals surface area contributed by atoms with E-state index in [1.165, 1.54) is 13.8 Å². The molecule has 0 spiro atoms. The SMILES string of the molecule is CC(=O)N(C(C)=O)[C@@H](Cc1ccccc1)C(=O)O. The molecule has 0 bridgehead atoms. The molecular formula is C13H15NO4. The minimum absolute atomic E-state index is 0.106. The average molecular weight is 249 g/mol. The normalized spacial score (nSPS) is 11.7. The molecule has 0 aliphatic rings. The van der Waals surface area contributed by atoms with Crippen LogP contribution in [-0.4, -0.2) is 33.8 Å². The number of carbonyl (C=O) groups is 3. The van der Waals surface area contributed by atoms with Crippen molar-refractivity contribution in [3.05, 3.63) is 35.9 Å². The van der Waals surface area contributed by atoms with Crippen molar-refractivity contribution in [3.8, 4) is 0 Å². The van der Waals surface area contributed by atoms with E-state index in [1.54, 1.807) is 24.3 Å². The molecule has 0 saturated carbocycles. The molecule has 5 nitrogen and oxygen atoms in total. The van der Waals surface area contributed by atoms with Gasteiger partial charge >= 0.3 is 5.97 Å². The Morgan fingerprint density at radius 1 is 1.11 bits per heavy atom. The molecule has 1 aromatic rings. The molecule has 0 aromatic heterocycles. The van der Waals surface area contributed by atoms with Gasteiger partial charge in [0, 0.05) is 20.3 Å². The number of imide groups is 1. The maximum Gasteiger partial charge on any atom is 0.327 e. The largest absolute Gasteiger partial charge is 0.480 e. The minimum Gasteiger partial charge on any atom is -0.480 e. The lowest BCUT2D eigenvalue weighted by Crippen LogP contribution is -2.48. The van der Waals surface area contributed by atoms with Crippen LogP contribution < -0.4 is 0 Å². The lowest BCUT2D eigenvalue weighted by molar-refractivity contribution is -0.156. The first-order valence-electron chi connectivity index (χ1n) is 5.50. The lowest BCUT2D eigenvalue weighted by Gasteiger charge is -2.24. The summed E-state index contributed by atoms with van der Waals surface area (Å²) in [5, 5.41) is 9.16. The van der Waals surface area contributed by atoms with Crippen molar-refractivity contribution in [1.29, 1.82) is 0 Å². The molecule has 0 aliphatic heterocycles. The second-order valence-electron chi connectivity index (χ2n) is 3.95. The predicted octanol–water partition coefficient (Wildman–Crippen LogP) is 1.08. The van der Waals surface area contributed by atoms with Gasteiger partial charge in [-0.3, -0.25) is 14.5 Å². The standard InChI is InChI=1S/C13H15NO4/c1-9(15)14(10(2)16)12(13(17)18)8-11-6-4-3-5-7-11/h3-7,12H,8H2,1-2H3,(H,17,18)/t12-/m0/s1. The van der Waals surface area contributed by atoms with Gasteiger partial charge in [0.05, 0.1) is 0 Å². The zero-order chi connectivity index (χ0) is 13.7. The summed E-state index contributed by atoms with van der Waals surface area (Å²) in [5.74, 6) is -2.32. The molecule has 0 aliphatic carbocycles. The van der Waals surface area contributed by atoms with Gasteiger partial charge in [0.2, 0.25) is 11.8 Å². The molecule has 18 heavy (non-hydrogen) atoms. The Labute approximate surface area is 105 Å². The van der Waals surface area contributed by atoms with E-state index < -0.39 is 23.8 Å². The molecule has 96 valence electrons. The Morgan fingerprint density at radius 3 is 2.00 bits per heavy atom. The first kappa shape index (κ1) is 13.9. The van der Waals surface area contributed by atoms with Crippen molar-refractivity contribution >= 4 is 17.8 Å². The number of amides is 2. The summed E-state index contributed by atoms with van der Waals surface area (Å²) in [7, 11) is 0. The van der Waals surface area contributed by atoms with E-state index in [2.05, 4.69) is 0 Å². The molecule has 1 rings (SSSR count). The predicted molar refractivity (Wildman–Crippen MR) is 64.8 cm³/mol. The second-order valence-corrected chi connectivity index (χ2v) is 3.95. The third kappa shape index (κ3) is 3.41. The van der Waals surface area contributed by atoms with Gasteiger partial charge in [-0.2, -0.15) is 0 Å². The van der Waals surface area contributed by atoms with Gasteiger partial charge in [-0.25, -0.2) is 4.79 Å². The van der Waals surface area contributed by atoms with Gasteiger partial charge in [0.1, 0.15) is 6.04 Å². The summed E-state index contributed by atoms with van der Waals surface area (Å²) in [6.45, 7) is 2.37. The fraction of sp³-hybridized carbons (Fsp3) is 0.308. The molecule has 2 amide bonds. The zero-order valence-electron chi connectivity index (χ0n) is 10.3. The third-order valence-electron chi connectivity index (χ3n) is 2.55. The van der Waals surface area contributed by atoms with E-state index in [4.69, 9.17) is 5.11 Å². The minimum atomic E-state index is -1.19. The zero-order valence-corrected chi connectivity index (χ0v) is 10.3. The van der Waals surface area contributed by atoms with E-state index >= 15 is 0 Å². The third-order valence-corrected chi connectivity index (χ3v) is 2.55. The number of carboxylic acids is 1. The topological polar surface area (TPSA) is 74.7 Å². The Morgan fingerprint density at radius 2 is 1.61 bits per heavy atom. The van der Waals surface area contributed by atoms with Gasteiger partial charge in [-0.1, -0.05) is 30.3 Å². The molecule has 0 fully saturated rings. The van der Waals surface area contributed by atoms with Crippen LogP contribution in [0.1, 0.15) is 19.4 Å². The summed E-state index contributed by atoms with van der Waals surface area (Å²) >= 11 is 0. The molecule has 1 atom stereocenters. The smallest absolute Gasteiger partial charge is 0.327 e. The van der Waals surface area contributed by atoms with Crippen LogP contribution in [0.5, 0.6) is 0 Å². The fourth-order valence-electron chi connectivity index (χ4n) is 1.79. The van der Waals surface area contributed by atoms with Crippen LogP contribution in [0.2, 0.25) is 0 Å². The summed E-state index contributed by atoms with van der Waals surface area (Å²) in [6.07, 6.45) is 0.106. The molecule has 0 heterocycles. The Hall–Kier alpha value is -2.17. The summed E-state index contributed by atoms with van der Waals surface area (Å²) < 4.78 is 0. The molecule has 1 aromatic carbocycles. The summed E-state index contributed by atoms with van der Waals surface area (Å²) in [5.41, 5.74) is 0.761. The maximum atomic E-state index is 11.4. The van der Waals surface area contributed by atoms with Crippen LogP contribution in [0.4, 0.5) is 0 Å². The highest BCUT2D eigenvalue weighted by Crippen LogP contribution is 2.10. The van der Waals surface area contributed by atoms with E-state index in [0.29, 0.717) is 0 Å². The van der Waals surface area contributed by atoms with Crippen molar-refractivity contribution < 1.29 is 19.5 Å². The van der Waals surface area contributed by atoms with Gasteiger partial charge in [0.25, 0.3) is 0 Å². The van der Waals surface area contributed by atoms with E-state index in [-0.39, 0.29) is 6.42 Å². The highest BCUT2D eigenvalue weighted by atomic mass is 16.4. The monoisotopic (exact) mass is 249 g/mol. The summed E-state index contributed by atoms with van der Waals surface area (Å²) in [4.78, 5) is 34.7. The van der Waals surface area contributed by atoms with Crippen LogP contribution in [0.15, 0.2) is 30.3 Å². The summed E-state index contributed by atoms with van der Waals surface area (Å²) in [6, 6.07) is 7.72. The maximum absolute atomic E-state index is 11.4. The molecule has 5 heteroatoms. The first-order valence-corrected chi connectivity index (χ1v) is 5.50. The Kier molecular flexibility index (Phi) is 4.59. The van der Waals surface area contributed by atoms with E-state index in [9.17, 15) is 14.4 Å². The highest BCUT2D eigenvalue weighted by Gasteiger charge is 2.30. The highest BCUT2D eigenvalue weighted by molar-refractivity contribution is 5.97. The molecule has 0 unspecified atom stereocenters. The number of hydrogen-bond acceptors (Lipinski definition) is 3. The van der Waals surface area contributed by atoms with Crippen LogP contribution >= 0.6 is 0 Å². The number of aliphatic carboxylic acids is 1. The Bertz CT molecular complexity index is 441. The van der Waals surface area contributed by atoms with Crippen LogP contribution in [0.25, 0.3) is 0 Å². The van der Waals surface area contributed by atoms with Crippen molar-refractivity contribution in [3.63, 3.8) is 0 Å². The number of hydrogen-bond donors (Lipinski definition) is 1. The van der Waals surface area contributed by atoms with Gasteiger partial charge in [-0.15, -0.1) is 0 Å².